The Labute approximate surface area is 158 Å². The normalized spacial score (nSPS) is 30.5. The van der Waals surface area contributed by atoms with E-state index in [1.54, 1.807) is 29.2 Å². The fraction of sp³-hybridized carbons (Fsp3) is 0.550. The first-order valence-corrected chi connectivity index (χ1v) is 9.67. The van der Waals surface area contributed by atoms with Crippen molar-refractivity contribution in [2.24, 2.45) is 5.92 Å². The Kier molecular flexibility index (Phi) is 4.63. The lowest BCUT2D eigenvalue weighted by Gasteiger charge is -2.47. The van der Waals surface area contributed by atoms with Gasteiger partial charge < -0.3 is 20.6 Å². The van der Waals surface area contributed by atoms with E-state index in [2.05, 4.69) is 10.6 Å². The smallest absolute Gasteiger partial charge is 0.254 e. The van der Waals surface area contributed by atoms with Gasteiger partial charge in [0.25, 0.3) is 5.91 Å². The molecule has 3 N–H and O–H groups in total. The molecule has 0 unspecified atom stereocenters. The molecule has 0 aromatic heterocycles. The lowest BCUT2D eigenvalue weighted by atomic mass is 9.71. The molecule has 0 bridgehead atoms. The second kappa shape index (κ2) is 6.96. The summed E-state index contributed by atoms with van der Waals surface area (Å²) in [5.41, 5.74) is 0.205. The van der Waals surface area contributed by atoms with Crippen LogP contribution in [0.25, 0.3) is 0 Å². The Morgan fingerprint density at radius 1 is 1.22 bits per heavy atom. The number of benzene rings is 1. The zero-order valence-corrected chi connectivity index (χ0v) is 15.2. The van der Waals surface area contributed by atoms with Gasteiger partial charge in [-0.25, -0.2) is 0 Å². The number of fused-ring (bicyclic) bond motifs is 2. The van der Waals surface area contributed by atoms with Crippen molar-refractivity contribution < 1.29 is 19.5 Å². The molecule has 0 radical (unpaired) electrons. The number of carbonyl (C=O) groups excluding carboxylic acids is 3. The fourth-order valence-electron chi connectivity index (χ4n) is 4.56. The van der Waals surface area contributed by atoms with E-state index in [1.165, 1.54) is 0 Å². The lowest BCUT2D eigenvalue weighted by Crippen LogP contribution is -2.55. The Balaban J connectivity index is 1.43. The lowest BCUT2D eigenvalue weighted by molar-refractivity contribution is -0.144. The molecule has 4 rings (SSSR count). The molecule has 3 atom stereocenters. The van der Waals surface area contributed by atoms with Gasteiger partial charge in [0, 0.05) is 19.0 Å². The number of likely N-dealkylation sites (tertiary alicyclic amines) is 1. The van der Waals surface area contributed by atoms with Crippen molar-refractivity contribution in [2.45, 2.75) is 50.2 Å². The largest absolute Gasteiger partial charge is 0.389 e. The summed E-state index contributed by atoms with van der Waals surface area (Å²) in [4.78, 5) is 39.4. The van der Waals surface area contributed by atoms with Crippen molar-refractivity contribution in [3.8, 4) is 0 Å². The number of anilines is 1. The molecule has 7 heteroatoms. The average molecular weight is 371 g/mol. The number of hydrogen-bond acceptors (Lipinski definition) is 4. The maximum atomic E-state index is 12.8. The summed E-state index contributed by atoms with van der Waals surface area (Å²) >= 11 is 0. The van der Waals surface area contributed by atoms with Crippen molar-refractivity contribution in [2.75, 3.05) is 18.4 Å². The average Bonchev–Trinajstić information content (AvgIpc) is 2.77. The van der Waals surface area contributed by atoms with Gasteiger partial charge in [-0.05, 0) is 31.4 Å². The predicted molar refractivity (Wildman–Crippen MR) is 99.0 cm³/mol. The van der Waals surface area contributed by atoms with Crippen LogP contribution in [0.4, 0.5) is 5.69 Å². The number of piperidine rings is 1. The summed E-state index contributed by atoms with van der Waals surface area (Å²) in [6, 6.07) is 5.89. The molecule has 144 valence electrons. The maximum Gasteiger partial charge on any atom is 0.254 e. The third-order valence-corrected chi connectivity index (χ3v) is 6.21. The summed E-state index contributed by atoms with van der Waals surface area (Å²) < 4.78 is 0. The second-order valence-electron chi connectivity index (χ2n) is 7.90. The van der Waals surface area contributed by atoms with Crippen molar-refractivity contribution in [1.29, 1.82) is 0 Å². The Hall–Kier alpha value is -2.41. The molecule has 27 heavy (non-hydrogen) atoms. The molecule has 1 saturated heterocycles. The van der Waals surface area contributed by atoms with E-state index in [1.807, 2.05) is 0 Å². The van der Waals surface area contributed by atoms with Crippen LogP contribution in [0.15, 0.2) is 24.3 Å². The highest BCUT2D eigenvalue weighted by atomic mass is 16.3. The minimum atomic E-state index is -0.899. The highest BCUT2D eigenvalue weighted by Gasteiger charge is 2.44. The second-order valence-corrected chi connectivity index (χ2v) is 7.90. The first-order valence-electron chi connectivity index (χ1n) is 9.67. The van der Waals surface area contributed by atoms with E-state index in [0.717, 1.165) is 25.7 Å². The molecule has 2 fully saturated rings. The van der Waals surface area contributed by atoms with Crippen LogP contribution < -0.4 is 10.6 Å². The Morgan fingerprint density at radius 2 is 2.04 bits per heavy atom. The van der Waals surface area contributed by atoms with Gasteiger partial charge in [0.15, 0.2) is 0 Å². The predicted octanol–water partition coefficient (Wildman–Crippen LogP) is 1.28. The number of aliphatic hydroxyl groups is 1. The molecule has 1 aliphatic carbocycles. The summed E-state index contributed by atoms with van der Waals surface area (Å²) in [7, 11) is 0. The van der Waals surface area contributed by atoms with Crippen LogP contribution in [0.3, 0.4) is 0 Å². The van der Waals surface area contributed by atoms with Crippen molar-refractivity contribution in [3.05, 3.63) is 29.8 Å². The minimum absolute atomic E-state index is 0.0727. The highest BCUT2D eigenvalue weighted by molar-refractivity contribution is 6.10. The van der Waals surface area contributed by atoms with Gasteiger partial charge in [0.05, 0.1) is 23.3 Å². The van der Waals surface area contributed by atoms with Crippen LogP contribution >= 0.6 is 0 Å². The van der Waals surface area contributed by atoms with Crippen LogP contribution in [0.2, 0.25) is 0 Å². The fourth-order valence-corrected chi connectivity index (χ4v) is 4.56. The molecule has 1 aromatic carbocycles. The standard InChI is InChI=1S/C20H25N3O4/c24-17(23-10-9-20(27)8-4-3-5-13(20)12-23)11-16-19(26)21-15-7-2-1-6-14(15)18(25)22-16/h1-2,6-7,13,16,27H,3-5,8-12H2,(H,21,26)(H,22,25)/t13-,16-,20-/m0/s1. The quantitative estimate of drug-likeness (QED) is 0.729. The summed E-state index contributed by atoms with van der Waals surface area (Å²) in [6.45, 7) is 1.02. The van der Waals surface area contributed by atoms with Crippen LogP contribution in [-0.4, -0.2) is 52.5 Å². The monoisotopic (exact) mass is 371 g/mol. The Morgan fingerprint density at radius 3 is 2.89 bits per heavy atom. The van der Waals surface area contributed by atoms with Gasteiger partial charge in [0.1, 0.15) is 6.04 Å². The van der Waals surface area contributed by atoms with E-state index in [-0.39, 0.29) is 30.1 Å². The van der Waals surface area contributed by atoms with E-state index in [9.17, 15) is 19.5 Å². The zero-order chi connectivity index (χ0) is 19.0. The number of nitrogens with zero attached hydrogens (tertiary/aromatic N) is 1. The minimum Gasteiger partial charge on any atom is -0.389 e. The molecule has 1 saturated carbocycles. The number of rotatable bonds is 2. The number of nitrogens with one attached hydrogen (secondary N) is 2. The molecular weight excluding hydrogens is 346 g/mol. The van der Waals surface area contributed by atoms with Crippen molar-refractivity contribution >= 4 is 23.4 Å². The first-order chi connectivity index (χ1) is 13.0. The third-order valence-electron chi connectivity index (χ3n) is 6.21. The third kappa shape index (κ3) is 3.43. The summed E-state index contributed by atoms with van der Waals surface area (Å²) in [5, 5.41) is 16.2. The van der Waals surface area contributed by atoms with Crippen LogP contribution in [0.1, 0.15) is 48.9 Å². The summed E-state index contributed by atoms with van der Waals surface area (Å²) in [5.74, 6) is -0.797. The molecule has 2 aliphatic heterocycles. The molecular formula is C20H25N3O4. The van der Waals surface area contributed by atoms with E-state index in [0.29, 0.717) is 30.8 Å². The van der Waals surface area contributed by atoms with E-state index >= 15 is 0 Å². The highest BCUT2D eigenvalue weighted by Crippen LogP contribution is 2.39. The van der Waals surface area contributed by atoms with E-state index < -0.39 is 11.6 Å². The molecule has 1 aromatic rings. The molecule has 7 nitrogen and oxygen atoms in total. The molecule has 0 spiro atoms. The van der Waals surface area contributed by atoms with Crippen LogP contribution in [-0.2, 0) is 9.59 Å². The van der Waals surface area contributed by atoms with Gasteiger partial charge in [-0.15, -0.1) is 0 Å². The van der Waals surface area contributed by atoms with Gasteiger partial charge in [0.2, 0.25) is 11.8 Å². The summed E-state index contributed by atoms with van der Waals surface area (Å²) in [6.07, 6.45) is 4.36. The van der Waals surface area contributed by atoms with Crippen LogP contribution in [0.5, 0.6) is 0 Å². The molecule has 2 heterocycles. The molecule has 3 aliphatic rings. The number of carbonyl (C=O) groups is 3. The Bertz CT molecular complexity index is 780. The zero-order valence-electron chi connectivity index (χ0n) is 15.2. The number of para-hydroxylation sites is 1. The first kappa shape index (κ1) is 18.0. The van der Waals surface area contributed by atoms with E-state index in [4.69, 9.17) is 0 Å². The van der Waals surface area contributed by atoms with Gasteiger partial charge in [-0.1, -0.05) is 25.0 Å². The maximum absolute atomic E-state index is 12.8. The van der Waals surface area contributed by atoms with Gasteiger partial charge in [-0.3, -0.25) is 14.4 Å². The van der Waals surface area contributed by atoms with Gasteiger partial charge >= 0.3 is 0 Å². The van der Waals surface area contributed by atoms with Crippen LogP contribution in [0, 0.1) is 5.92 Å². The van der Waals surface area contributed by atoms with Crippen molar-refractivity contribution in [3.63, 3.8) is 0 Å². The SMILES string of the molecule is O=C1N[C@@H](CC(=O)N2CC[C@@]3(O)CCCC[C@H]3C2)C(=O)Nc2ccccc21. The number of amides is 3. The topological polar surface area (TPSA) is 98.7 Å². The van der Waals surface area contributed by atoms with Gasteiger partial charge in [-0.2, -0.15) is 0 Å². The number of hydrogen-bond donors (Lipinski definition) is 3. The molecule has 3 amide bonds. The van der Waals surface area contributed by atoms with Crippen molar-refractivity contribution in [1.82, 2.24) is 10.2 Å².